The highest BCUT2D eigenvalue weighted by molar-refractivity contribution is 5.83. The molecule has 2 fully saturated rings. The molecule has 2 rings (SSSR count). The molecule has 0 aromatic rings. The minimum atomic E-state index is -0.226. The number of rotatable bonds is 5. The summed E-state index contributed by atoms with van der Waals surface area (Å²) in [6, 6.07) is 0.582. The van der Waals surface area contributed by atoms with Crippen molar-refractivity contribution in [3.63, 3.8) is 0 Å². The van der Waals surface area contributed by atoms with Gasteiger partial charge in [-0.05, 0) is 46.0 Å². The summed E-state index contributed by atoms with van der Waals surface area (Å²) in [5.74, 6) is 0.224. The third kappa shape index (κ3) is 2.99. The number of amides is 1. The number of carbonyl (C=O) groups excluding carboxylic acids is 1. The van der Waals surface area contributed by atoms with Crippen LogP contribution in [0.15, 0.2) is 0 Å². The fraction of sp³-hybridized carbons (Fsp3) is 0.923. The molecule has 0 bridgehead atoms. The van der Waals surface area contributed by atoms with Crippen molar-refractivity contribution in [3.05, 3.63) is 0 Å². The number of nitrogens with zero attached hydrogens (tertiary/aromatic N) is 1. The highest BCUT2D eigenvalue weighted by Crippen LogP contribution is 2.27. The second kappa shape index (κ2) is 4.94. The van der Waals surface area contributed by atoms with Crippen LogP contribution in [-0.4, -0.2) is 46.7 Å². The van der Waals surface area contributed by atoms with Crippen molar-refractivity contribution in [1.82, 2.24) is 10.2 Å². The molecule has 1 amide bonds. The Hall–Kier alpha value is -0.610. The first-order valence-corrected chi connectivity index (χ1v) is 6.73. The topological polar surface area (TPSA) is 52.6 Å². The predicted molar refractivity (Wildman–Crippen MR) is 66.7 cm³/mol. The molecule has 0 aromatic heterocycles. The zero-order chi connectivity index (χ0) is 12.5. The minimum Gasteiger partial charge on any atom is -0.396 e. The van der Waals surface area contributed by atoms with E-state index >= 15 is 0 Å². The van der Waals surface area contributed by atoms with E-state index in [4.69, 9.17) is 5.11 Å². The van der Waals surface area contributed by atoms with Gasteiger partial charge in [-0.3, -0.25) is 4.79 Å². The molecule has 4 nitrogen and oxygen atoms in total. The molecule has 1 saturated carbocycles. The Balaban J connectivity index is 1.99. The van der Waals surface area contributed by atoms with Gasteiger partial charge >= 0.3 is 0 Å². The highest BCUT2D eigenvalue weighted by Gasteiger charge is 2.38. The standard InChI is InChI=1S/C13H24N2O2/c1-13(2,7-9-16)15-8-3-4-11(12(15)17)14-10-5-6-10/h10-11,14,16H,3-9H2,1-2H3. The van der Waals surface area contributed by atoms with Crippen molar-refractivity contribution in [2.75, 3.05) is 13.2 Å². The van der Waals surface area contributed by atoms with Crippen LogP contribution in [0.1, 0.15) is 46.0 Å². The maximum Gasteiger partial charge on any atom is 0.240 e. The summed E-state index contributed by atoms with van der Waals surface area (Å²) in [6.07, 6.45) is 5.09. The van der Waals surface area contributed by atoms with Gasteiger partial charge in [0, 0.05) is 24.7 Å². The Morgan fingerprint density at radius 1 is 1.41 bits per heavy atom. The number of hydrogen-bond acceptors (Lipinski definition) is 3. The fourth-order valence-electron chi connectivity index (χ4n) is 2.57. The van der Waals surface area contributed by atoms with Crippen molar-refractivity contribution in [2.45, 2.75) is 63.6 Å². The summed E-state index contributed by atoms with van der Waals surface area (Å²) in [5.41, 5.74) is -0.226. The smallest absolute Gasteiger partial charge is 0.240 e. The molecule has 1 saturated heterocycles. The van der Waals surface area contributed by atoms with Gasteiger partial charge in [0.25, 0.3) is 0 Å². The lowest BCUT2D eigenvalue weighted by atomic mass is 9.93. The Kier molecular flexibility index (Phi) is 3.73. The van der Waals surface area contributed by atoms with E-state index < -0.39 is 0 Å². The van der Waals surface area contributed by atoms with Crippen LogP contribution < -0.4 is 5.32 Å². The third-order valence-corrected chi connectivity index (χ3v) is 3.91. The van der Waals surface area contributed by atoms with E-state index in [0.29, 0.717) is 12.5 Å². The van der Waals surface area contributed by atoms with E-state index in [1.165, 1.54) is 12.8 Å². The van der Waals surface area contributed by atoms with Crippen LogP contribution in [0.5, 0.6) is 0 Å². The first kappa shape index (κ1) is 12.8. The molecule has 1 aliphatic heterocycles. The van der Waals surface area contributed by atoms with Crippen molar-refractivity contribution < 1.29 is 9.90 Å². The molecule has 2 N–H and O–H groups in total. The number of carbonyl (C=O) groups is 1. The minimum absolute atomic E-state index is 0.00854. The number of aliphatic hydroxyl groups excluding tert-OH is 1. The zero-order valence-electron chi connectivity index (χ0n) is 10.9. The van der Waals surface area contributed by atoms with Crippen LogP contribution in [0.2, 0.25) is 0 Å². The summed E-state index contributed by atoms with van der Waals surface area (Å²) in [7, 11) is 0. The summed E-state index contributed by atoms with van der Waals surface area (Å²) in [6.45, 7) is 5.05. The van der Waals surface area contributed by atoms with Crippen LogP contribution in [0, 0.1) is 0 Å². The second-order valence-electron chi connectivity index (χ2n) is 5.91. The van der Waals surface area contributed by atoms with Crippen molar-refractivity contribution in [1.29, 1.82) is 0 Å². The molecule has 1 atom stereocenters. The van der Waals surface area contributed by atoms with Gasteiger partial charge < -0.3 is 15.3 Å². The molecule has 17 heavy (non-hydrogen) atoms. The fourth-order valence-corrected chi connectivity index (χ4v) is 2.57. The molecule has 2 aliphatic rings. The van der Waals surface area contributed by atoms with Crippen LogP contribution in [0.3, 0.4) is 0 Å². The molecule has 0 radical (unpaired) electrons. The zero-order valence-corrected chi connectivity index (χ0v) is 10.9. The van der Waals surface area contributed by atoms with Crippen molar-refractivity contribution in [3.8, 4) is 0 Å². The average Bonchev–Trinajstić information content (AvgIpc) is 3.04. The first-order chi connectivity index (χ1) is 8.04. The number of piperidine rings is 1. The largest absolute Gasteiger partial charge is 0.396 e. The second-order valence-corrected chi connectivity index (χ2v) is 5.91. The molecule has 1 heterocycles. The van der Waals surface area contributed by atoms with Crippen LogP contribution in [0.4, 0.5) is 0 Å². The molecule has 0 aromatic carbocycles. The van der Waals surface area contributed by atoms with Gasteiger partial charge in [0.15, 0.2) is 0 Å². The van der Waals surface area contributed by atoms with E-state index in [0.717, 1.165) is 19.4 Å². The van der Waals surface area contributed by atoms with Gasteiger partial charge in [-0.1, -0.05) is 0 Å². The summed E-state index contributed by atoms with van der Waals surface area (Å²) in [4.78, 5) is 14.3. The number of aliphatic hydroxyl groups is 1. The molecule has 1 aliphatic carbocycles. The predicted octanol–water partition coefficient (Wildman–Crippen LogP) is 0.890. The Morgan fingerprint density at radius 2 is 2.12 bits per heavy atom. The van der Waals surface area contributed by atoms with Gasteiger partial charge in [-0.25, -0.2) is 0 Å². The quantitative estimate of drug-likeness (QED) is 0.750. The maximum absolute atomic E-state index is 12.4. The van der Waals surface area contributed by atoms with Crippen LogP contribution in [-0.2, 0) is 4.79 Å². The van der Waals surface area contributed by atoms with E-state index in [9.17, 15) is 4.79 Å². The van der Waals surface area contributed by atoms with Gasteiger partial charge in [0.1, 0.15) is 0 Å². The third-order valence-electron chi connectivity index (χ3n) is 3.91. The van der Waals surface area contributed by atoms with Crippen molar-refractivity contribution in [2.24, 2.45) is 0 Å². The molecule has 0 spiro atoms. The lowest BCUT2D eigenvalue weighted by molar-refractivity contribution is -0.142. The van der Waals surface area contributed by atoms with Crippen LogP contribution in [0.25, 0.3) is 0 Å². The van der Waals surface area contributed by atoms with Gasteiger partial charge in [0.05, 0.1) is 6.04 Å². The van der Waals surface area contributed by atoms with Crippen LogP contribution >= 0.6 is 0 Å². The lowest BCUT2D eigenvalue weighted by Crippen LogP contribution is -2.58. The Bertz CT molecular complexity index is 287. The molecule has 1 unspecified atom stereocenters. The highest BCUT2D eigenvalue weighted by atomic mass is 16.3. The monoisotopic (exact) mass is 240 g/mol. The lowest BCUT2D eigenvalue weighted by Gasteiger charge is -2.43. The Morgan fingerprint density at radius 3 is 2.71 bits per heavy atom. The Labute approximate surface area is 103 Å². The van der Waals surface area contributed by atoms with E-state index in [-0.39, 0.29) is 24.1 Å². The van der Waals surface area contributed by atoms with Crippen molar-refractivity contribution >= 4 is 5.91 Å². The number of hydrogen-bond donors (Lipinski definition) is 2. The van der Waals surface area contributed by atoms with E-state index in [1.807, 2.05) is 18.7 Å². The summed E-state index contributed by atoms with van der Waals surface area (Å²) < 4.78 is 0. The molecule has 4 heteroatoms. The first-order valence-electron chi connectivity index (χ1n) is 6.73. The average molecular weight is 240 g/mol. The normalized spacial score (nSPS) is 26.4. The molecular formula is C13H24N2O2. The van der Waals surface area contributed by atoms with E-state index in [1.54, 1.807) is 0 Å². The summed E-state index contributed by atoms with van der Waals surface area (Å²) >= 11 is 0. The van der Waals surface area contributed by atoms with E-state index in [2.05, 4.69) is 5.32 Å². The SMILES string of the molecule is CC(C)(CCO)N1CCCC(NC2CC2)C1=O. The summed E-state index contributed by atoms with van der Waals surface area (Å²) in [5, 5.41) is 12.5. The number of nitrogens with one attached hydrogen (secondary N) is 1. The maximum atomic E-state index is 12.4. The van der Waals surface area contributed by atoms with Gasteiger partial charge in [-0.2, -0.15) is 0 Å². The molecule has 98 valence electrons. The van der Waals surface area contributed by atoms with Gasteiger partial charge in [-0.15, -0.1) is 0 Å². The molecular weight excluding hydrogens is 216 g/mol. The number of likely N-dealkylation sites (tertiary alicyclic amines) is 1. The van der Waals surface area contributed by atoms with Gasteiger partial charge in [0.2, 0.25) is 5.91 Å².